The van der Waals surface area contributed by atoms with Crippen molar-refractivity contribution in [2.75, 3.05) is 13.6 Å². The van der Waals surface area contributed by atoms with Crippen LogP contribution in [0.5, 0.6) is 0 Å². The number of aryl methyl sites for hydroxylation is 1. The molecule has 1 fully saturated rings. The Bertz CT molecular complexity index is 589. The standard InChI is InChI=1S/C18H29N3O3/c1-6-12-9-10-14(24-12)15(18(2,3)4)20-17(23)21-11-7-8-13(21)16(22)19-5/h9-10,13,15H,6-8,11H2,1-5H3,(H,19,22)(H,20,23)/t13-,15+/m1/s1. The lowest BCUT2D eigenvalue weighted by atomic mass is 9.85. The first-order valence-electron chi connectivity index (χ1n) is 8.65. The molecular weight excluding hydrogens is 306 g/mol. The molecule has 0 aliphatic carbocycles. The Morgan fingerprint density at radius 1 is 1.38 bits per heavy atom. The Hall–Kier alpha value is -1.98. The third kappa shape index (κ3) is 3.91. The van der Waals surface area contributed by atoms with Crippen molar-refractivity contribution in [2.45, 2.75) is 59.0 Å². The van der Waals surface area contributed by atoms with Gasteiger partial charge in [-0.2, -0.15) is 0 Å². The lowest BCUT2D eigenvalue weighted by Gasteiger charge is -2.33. The predicted molar refractivity (Wildman–Crippen MR) is 92.6 cm³/mol. The highest BCUT2D eigenvalue weighted by atomic mass is 16.3. The molecule has 0 saturated carbocycles. The first-order chi connectivity index (χ1) is 11.3. The molecule has 134 valence electrons. The molecule has 0 unspecified atom stereocenters. The van der Waals surface area contributed by atoms with Gasteiger partial charge in [-0.05, 0) is 30.4 Å². The number of hydrogen-bond donors (Lipinski definition) is 2. The van der Waals surface area contributed by atoms with Crippen LogP contribution in [0.15, 0.2) is 16.5 Å². The Kier molecular flexibility index (Phi) is 5.57. The number of hydrogen-bond acceptors (Lipinski definition) is 3. The number of amides is 3. The molecular formula is C18H29N3O3. The summed E-state index contributed by atoms with van der Waals surface area (Å²) in [6.07, 6.45) is 2.36. The summed E-state index contributed by atoms with van der Waals surface area (Å²) >= 11 is 0. The van der Waals surface area contributed by atoms with Gasteiger partial charge in [0.2, 0.25) is 5.91 Å². The highest BCUT2D eigenvalue weighted by molar-refractivity contribution is 5.87. The Balaban J connectivity index is 2.17. The van der Waals surface area contributed by atoms with Crippen molar-refractivity contribution in [1.29, 1.82) is 0 Å². The van der Waals surface area contributed by atoms with Crippen LogP contribution < -0.4 is 10.6 Å². The van der Waals surface area contributed by atoms with Gasteiger partial charge in [0.1, 0.15) is 17.6 Å². The molecule has 2 rings (SSSR count). The number of likely N-dealkylation sites (tertiary alicyclic amines) is 1. The fourth-order valence-corrected chi connectivity index (χ4v) is 3.11. The van der Waals surface area contributed by atoms with E-state index in [0.29, 0.717) is 13.0 Å². The van der Waals surface area contributed by atoms with Gasteiger partial charge < -0.3 is 20.0 Å². The zero-order valence-corrected chi connectivity index (χ0v) is 15.3. The van der Waals surface area contributed by atoms with Crippen LogP contribution in [0.1, 0.15) is 58.1 Å². The molecule has 0 radical (unpaired) electrons. The van der Waals surface area contributed by atoms with Crippen LogP contribution in [-0.4, -0.2) is 36.5 Å². The van der Waals surface area contributed by atoms with E-state index in [1.807, 2.05) is 19.1 Å². The molecule has 24 heavy (non-hydrogen) atoms. The first-order valence-corrected chi connectivity index (χ1v) is 8.65. The summed E-state index contributed by atoms with van der Waals surface area (Å²) in [6, 6.07) is 3.02. The first kappa shape index (κ1) is 18.4. The molecule has 1 saturated heterocycles. The average Bonchev–Trinajstić information content (AvgIpc) is 3.19. The van der Waals surface area contributed by atoms with Crippen LogP contribution in [0.25, 0.3) is 0 Å². The normalized spacial score (nSPS) is 19.2. The monoisotopic (exact) mass is 335 g/mol. The van der Waals surface area contributed by atoms with Crippen LogP contribution in [0, 0.1) is 5.41 Å². The highest BCUT2D eigenvalue weighted by Crippen LogP contribution is 2.34. The van der Waals surface area contributed by atoms with Crippen LogP contribution in [-0.2, 0) is 11.2 Å². The van der Waals surface area contributed by atoms with Gasteiger partial charge in [-0.1, -0.05) is 27.7 Å². The van der Waals surface area contributed by atoms with Gasteiger partial charge in [-0.25, -0.2) is 4.79 Å². The quantitative estimate of drug-likeness (QED) is 0.888. The summed E-state index contributed by atoms with van der Waals surface area (Å²) in [7, 11) is 1.60. The number of furan rings is 1. The number of carbonyl (C=O) groups excluding carboxylic acids is 2. The molecule has 2 atom stereocenters. The summed E-state index contributed by atoms with van der Waals surface area (Å²) < 4.78 is 5.87. The summed E-state index contributed by atoms with van der Waals surface area (Å²) in [5, 5.41) is 5.71. The minimum atomic E-state index is -0.390. The lowest BCUT2D eigenvalue weighted by Crippen LogP contribution is -2.51. The molecule has 6 nitrogen and oxygen atoms in total. The van der Waals surface area contributed by atoms with Crippen LogP contribution in [0.3, 0.4) is 0 Å². The Morgan fingerprint density at radius 3 is 2.62 bits per heavy atom. The second-order valence-corrected chi connectivity index (χ2v) is 7.37. The fourth-order valence-electron chi connectivity index (χ4n) is 3.11. The van der Waals surface area contributed by atoms with Gasteiger partial charge in [-0.3, -0.25) is 4.79 Å². The summed E-state index contributed by atoms with van der Waals surface area (Å²) in [6.45, 7) is 8.82. The zero-order valence-electron chi connectivity index (χ0n) is 15.3. The van der Waals surface area contributed by atoms with Crippen LogP contribution in [0.4, 0.5) is 4.79 Å². The Labute approximate surface area is 144 Å². The fraction of sp³-hybridized carbons (Fsp3) is 0.667. The molecule has 2 heterocycles. The lowest BCUT2D eigenvalue weighted by molar-refractivity contribution is -0.124. The van der Waals surface area contributed by atoms with Crippen molar-refractivity contribution in [3.8, 4) is 0 Å². The van der Waals surface area contributed by atoms with Gasteiger partial charge in [0.25, 0.3) is 0 Å². The molecule has 3 amide bonds. The molecule has 1 aliphatic rings. The minimum absolute atomic E-state index is 0.110. The summed E-state index contributed by atoms with van der Waals surface area (Å²) in [4.78, 5) is 26.4. The molecule has 0 bridgehead atoms. The number of carbonyl (C=O) groups is 2. The number of rotatable bonds is 4. The van der Waals surface area contributed by atoms with E-state index in [0.717, 1.165) is 24.4 Å². The van der Waals surface area contributed by atoms with Crippen molar-refractivity contribution in [1.82, 2.24) is 15.5 Å². The molecule has 0 spiro atoms. The van der Waals surface area contributed by atoms with Crippen molar-refractivity contribution < 1.29 is 14.0 Å². The van der Waals surface area contributed by atoms with Gasteiger partial charge >= 0.3 is 6.03 Å². The van der Waals surface area contributed by atoms with E-state index in [-0.39, 0.29) is 23.4 Å². The largest absolute Gasteiger partial charge is 0.464 e. The van der Waals surface area contributed by atoms with E-state index in [2.05, 4.69) is 31.4 Å². The maximum absolute atomic E-state index is 12.8. The molecule has 6 heteroatoms. The smallest absolute Gasteiger partial charge is 0.318 e. The number of nitrogens with zero attached hydrogens (tertiary/aromatic N) is 1. The second-order valence-electron chi connectivity index (χ2n) is 7.37. The van der Waals surface area contributed by atoms with E-state index in [1.165, 1.54) is 0 Å². The predicted octanol–water partition coefficient (Wildman–Crippen LogP) is 2.85. The molecule has 1 aromatic rings. The van der Waals surface area contributed by atoms with Crippen LogP contribution in [0.2, 0.25) is 0 Å². The maximum Gasteiger partial charge on any atom is 0.318 e. The average molecular weight is 335 g/mol. The van der Waals surface area contributed by atoms with E-state index in [1.54, 1.807) is 11.9 Å². The highest BCUT2D eigenvalue weighted by Gasteiger charge is 2.37. The van der Waals surface area contributed by atoms with Crippen molar-refractivity contribution in [2.24, 2.45) is 5.41 Å². The molecule has 2 N–H and O–H groups in total. The number of likely N-dealkylation sites (N-methyl/N-ethyl adjacent to an activating group) is 1. The van der Waals surface area contributed by atoms with Gasteiger partial charge in [0.15, 0.2) is 0 Å². The minimum Gasteiger partial charge on any atom is -0.464 e. The van der Waals surface area contributed by atoms with Gasteiger partial charge in [0, 0.05) is 20.0 Å². The van der Waals surface area contributed by atoms with Gasteiger partial charge in [0.05, 0.1) is 6.04 Å². The maximum atomic E-state index is 12.8. The van der Waals surface area contributed by atoms with Crippen molar-refractivity contribution >= 4 is 11.9 Å². The molecule has 0 aromatic carbocycles. The van der Waals surface area contributed by atoms with E-state index in [9.17, 15) is 9.59 Å². The van der Waals surface area contributed by atoms with Crippen molar-refractivity contribution in [3.63, 3.8) is 0 Å². The topological polar surface area (TPSA) is 74.6 Å². The molecule has 1 aromatic heterocycles. The third-order valence-electron chi connectivity index (χ3n) is 4.51. The SMILES string of the molecule is CCc1ccc([C@H](NC(=O)N2CCC[C@@H]2C(=O)NC)C(C)(C)C)o1. The molecule has 1 aliphatic heterocycles. The van der Waals surface area contributed by atoms with E-state index < -0.39 is 6.04 Å². The summed E-state index contributed by atoms with van der Waals surface area (Å²) in [5.41, 5.74) is -0.208. The second kappa shape index (κ2) is 7.28. The van der Waals surface area contributed by atoms with E-state index in [4.69, 9.17) is 4.42 Å². The third-order valence-corrected chi connectivity index (χ3v) is 4.51. The van der Waals surface area contributed by atoms with Crippen LogP contribution >= 0.6 is 0 Å². The zero-order chi connectivity index (χ0) is 17.9. The Morgan fingerprint density at radius 2 is 2.08 bits per heavy atom. The number of nitrogens with one attached hydrogen (secondary N) is 2. The van der Waals surface area contributed by atoms with E-state index >= 15 is 0 Å². The van der Waals surface area contributed by atoms with Gasteiger partial charge in [-0.15, -0.1) is 0 Å². The van der Waals surface area contributed by atoms with Crippen molar-refractivity contribution in [3.05, 3.63) is 23.7 Å². The summed E-state index contributed by atoms with van der Waals surface area (Å²) in [5.74, 6) is 1.54. The number of urea groups is 1.